The lowest BCUT2D eigenvalue weighted by atomic mass is 9.82. The Labute approximate surface area is 233 Å². The van der Waals surface area contributed by atoms with Crippen LogP contribution in [0.3, 0.4) is 0 Å². The van der Waals surface area contributed by atoms with E-state index < -0.39 is 0 Å². The molecule has 15 aromatic carbocycles. The van der Waals surface area contributed by atoms with Crippen molar-refractivity contribution in [3.8, 4) is 0 Å². The van der Waals surface area contributed by atoms with Crippen LogP contribution < -0.4 is 0 Å². The summed E-state index contributed by atoms with van der Waals surface area (Å²) in [5.41, 5.74) is 6.21. The van der Waals surface area contributed by atoms with E-state index in [1.165, 1.54) is 32.3 Å². The second-order valence-corrected chi connectivity index (χ2v) is 14.6. The molecule has 180 valence electrons. The zero-order valence-corrected chi connectivity index (χ0v) is 22.0. The summed E-state index contributed by atoms with van der Waals surface area (Å²) in [6, 6.07) is 20.5. The maximum absolute atomic E-state index is 2.58. The second-order valence-electron chi connectivity index (χ2n) is 14.6. The van der Waals surface area contributed by atoms with E-state index in [9.17, 15) is 0 Å². The fourth-order valence-corrected chi connectivity index (χ4v) is 12.6. The van der Waals surface area contributed by atoms with Crippen LogP contribution in [0, 0.1) is 0 Å². The van der Waals surface area contributed by atoms with E-state index in [0.717, 1.165) is 12.8 Å². The number of rotatable bonds is 0. The van der Waals surface area contributed by atoms with Gasteiger partial charge in [-0.05, 0) is 210 Å². The van der Waals surface area contributed by atoms with Crippen LogP contribution in [0.2, 0.25) is 0 Å². The van der Waals surface area contributed by atoms with Crippen molar-refractivity contribution in [2.75, 3.05) is 0 Å². The van der Waals surface area contributed by atoms with Crippen LogP contribution in [0.4, 0.5) is 0 Å². The summed E-state index contributed by atoms with van der Waals surface area (Å²) in [6.07, 6.45) is 2.13. The summed E-state index contributed by atoms with van der Waals surface area (Å²) in [7, 11) is 0. The Morgan fingerprint density at radius 2 is 0.381 bits per heavy atom. The molecule has 0 aliphatic heterocycles. The average molecular weight is 517 g/mol. The Morgan fingerprint density at radius 1 is 0.190 bits per heavy atom. The molecule has 0 atom stereocenters. The third-order valence-electron chi connectivity index (χ3n) is 13.3. The molecule has 0 saturated carbocycles. The van der Waals surface area contributed by atoms with Gasteiger partial charge in [-0.3, -0.25) is 0 Å². The van der Waals surface area contributed by atoms with Crippen molar-refractivity contribution in [1.29, 1.82) is 0 Å². The second kappa shape index (κ2) is 4.27. The van der Waals surface area contributed by atoms with E-state index in [1.54, 1.807) is 141 Å². The first-order valence-electron chi connectivity index (χ1n) is 15.5. The van der Waals surface area contributed by atoms with Crippen LogP contribution in [-0.2, 0) is 12.8 Å². The van der Waals surface area contributed by atoms with Gasteiger partial charge in [0.05, 0.1) is 0 Å². The number of hydrogen-bond acceptors (Lipinski definition) is 0. The van der Waals surface area contributed by atoms with Gasteiger partial charge in [0.1, 0.15) is 0 Å². The predicted molar refractivity (Wildman–Crippen MR) is 180 cm³/mol. The molecule has 0 nitrogen and oxygen atoms in total. The maximum atomic E-state index is 2.58. The van der Waals surface area contributed by atoms with Gasteiger partial charge in [0.2, 0.25) is 0 Å². The minimum absolute atomic E-state index is 1.06. The number of benzene rings is 11. The molecule has 0 saturated heterocycles. The van der Waals surface area contributed by atoms with Crippen LogP contribution in [-0.4, -0.2) is 0 Å². The Bertz CT molecular complexity index is 3510. The summed E-state index contributed by atoms with van der Waals surface area (Å²) in [5.74, 6) is 0. The first-order valence-corrected chi connectivity index (χ1v) is 15.5. The van der Waals surface area contributed by atoms with Crippen molar-refractivity contribution in [3.63, 3.8) is 0 Å². The summed E-state index contributed by atoms with van der Waals surface area (Å²) in [4.78, 5) is 0. The van der Waals surface area contributed by atoms with E-state index in [0.29, 0.717) is 0 Å². The summed E-state index contributed by atoms with van der Waals surface area (Å²) >= 11 is 0. The summed E-state index contributed by atoms with van der Waals surface area (Å²) in [6.45, 7) is 0. The van der Waals surface area contributed by atoms with E-state index in [2.05, 4.69) is 48.5 Å². The summed E-state index contributed by atoms with van der Waals surface area (Å²) < 4.78 is 0. The first kappa shape index (κ1) is 16.9. The highest BCUT2D eigenvalue weighted by Crippen LogP contribution is 2.67. The van der Waals surface area contributed by atoms with Crippen LogP contribution in [0.5, 0.6) is 0 Å². The average Bonchev–Trinajstić information content (AvgIpc) is 3.81. The molecule has 0 aromatic heterocycles. The lowest BCUT2D eigenvalue weighted by Crippen LogP contribution is -1.91. The minimum atomic E-state index is 1.06. The Balaban J connectivity index is 1.51. The SMILES string of the molecule is c1c2c3c4c(cc5cc6cc7cc8c9c%10c(cc%11cc%12cc1c1c%12c%12c%11c%10c%10c%11c9c7c6c6c5c4c(c(c31)c%12%10)c6%11)C8)C2. The van der Waals surface area contributed by atoms with Crippen molar-refractivity contribution in [2.45, 2.75) is 12.8 Å². The van der Waals surface area contributed by atoms with E-state index in [-0.39, 0.29) is 0 Å². The Kier molecular flexibility index (Phi) is 1.72. The van der Waals surface area contributed by atoms with Crippen LogP contribution in [0.25, 0.3) is 151 Å². The number of hydrogen-bond donors (Lipinski definition) is 0. The fraction of sp³-hybridized carbons (Fsp3) is 0.0476. The smallest absolute Gasteiger partial charge is 0.00000190 e. The van der Waals surface area contributed by atoms with Crippen molar-refractivity contribution in [3.05, 3.63) is 70.8 Å². The van der Waals surface area contributed by atoms with Gasteiger partial charge in [-0.15, -0.1) is 0 Å². The van der Waals surface area contributed by atoms with Gasteiger partial charge in [0.15, 0.2) is 0 Å². The van der Waals surface area contributed by atoms with Crippen molar-refractivity contribution < 1.29 is 0 Å². The summed E-state index contributed by atoms with van der Waals surface area (Å²) in [5, 5.41) is 43.5. The highest BCUT2D eigenvalue weighted by molar-refractivity contribution is 6.67. The molecule has 0 radical (unpaired) electrons. The Morgan fingerprint density at radius 3 is 0.667 bits per heavy atom. The first-order chi connectivity index (χ1) is 20.8. The van der Waals surface area contributed by atoms with Crippen LogP contribution in [0.1, 0.15) is 22.3 Å². The van der Waals surface area contributed by atoms with Gasteiger partial charge < -0.3 is 0 Å². The van der Waals surface area contributed by atoms with Crippen molar-refractivity contribution in [2.24, 2.45) is 0 Å². The molecule has 2 aliphatic carbocycles. The normalized spacial score (nSPS) is 16.4. The van der Waals surface area contributed by atoms with E-state index in [1.807, 2.05) is 0 Å². The predicted octanol–water partition coefficient (Wildman–Crippen LogP) is 11.5. The van der Waals surface area contributed by atoms with Gasteiger partial charge in [-0.2, -0.15) is 0 Å². The standard InChI is InChI=1S/C42H12/c1-11-3-15-7-19-9-17-5-13-2-14-6-18-10-20-8-16-4-12(1)22-26(16)34-30(20)36-28(18)24(14)32-23(13)27(17)35-29(19)33-25(15)21(11)31(22)37-39(33)41(35)38(32)42(36)40(34)37/h1-3,6-10H,4-5H2. The van der Waals surface area contributed by atoms with Crippen LogP contribution >= 0.6 is 0 Å². The molecule has 0 spiro atoms. The lowest BCUT2D eigenvalue weighted by Gasteiger charge is -2.19. The molecule has 2 aliphatic rings. The quantitative estimate of drug-likeness (QED) is 0.139. The van der Waals surface area contributed by atoms with Gasteiger partial charge in [-0.1, -0.05) is 24.3 Å². The topological polar surface area (TPSA) is 0 Å². The largest absolute Gasteiger partial charge is 0.0501 e. The molecule has 0 amide bonds. The van der Waals surface area contributed by atoms with E-state index >= 15 is 0 Å². The monoisotopic (exact) mass is 516 g/mol. The van der Waals surface area contributed by atoms with Crippen LogP contribution in [0.15, 0.2) is 48.5 Å². The lowest BCUT2D eigenvalue weighted by molar-refractivity contribution is 1.29. The minimum Gasteiger partial charge on any atom is -0.0501 e. The third-order valence-corrected chi connectivity index (χ3v) is 13.3. The molecule has 0 bridgehead atoms. The molecular formula is C42H12. The highest BCUT2D eigenvalue weighted by atomic mass is 14.4. The fourth-order valence-electron chi connectivity index (χ4n) is 12.6. The van der Waals surface area contributed by atoms with Gasteiger partial charge >= 0.3 is 0 Å². The van der Waals surface area contributed by atoms with Crippen molar-refractivity contribution in [1.82, 2.24) is 0 Å². The van der Waals surface area contributed by atoms with E-state index in [4.69, 9.17) is 0 Å². The van der Waals surface area contributed by atoms with Gasteiger partial charge in [0.25, 0.3) is 0 Å². The molecule has 0 heterocycles. The zero-order valence-electron chi connectivity index (χ0n) is 22.0. The van der Waals surface area contributed by atoms with Gasteiger partial charge in [-0.25, -0.2) is 0 Å². The molecule has 0 unspecified atom stereocenters. The molecule has 0 fully saturated rings. The molecule has 42 heavy (non-hydrogen) atoms. The van der Waals surface area contributed by atoms with Crippen molar-refractivity contribution >= 4 is 151 Å². The zero-order chi connectivity index (χ0) is 25.5. The molecule has 15 aromatic rings. The highest BCUT2D eigenvalue weighted by Gasteiger charge is 2.39. The molecule has 17 rings (SSSR count). The third kappa shape index (κ3) is 1.14. The molecular weight excluding hydrogens is 504 g/mol. The maximum Gasteiger partial charge on any atom is -0.00000190 e. The Hall–Kier alpha value is -5.20. The van der Waals surface area contributed by atoms with Gasteiger partial charge in [0, 0.05) is 0 Å². The molecule has 0 heteroatoms. The molecule has 0 N–H and O–H groups in total.